The number of carbonyl (C=O) groups excluding carboxylic acids is 1. The van der Waals surface area contributed by atoms with E-state index in [-0.39, 0.29) is 11.5 Å². The van der Waals surface area contributed by atoms with Crippen molar-refractivity contribution >= 4 is 5.97 Å². The first-order chi connectivity index (χ1) is 8.35. The molecular weight excluding hydrogens is 228 g/mol. The molecule has 106 valence electrons. The van der Waals surface area contributed by atoms with Crippen molar-refractivity contribution in [2.45, 2.75) is 58.0 Å². The minimum Gasteiger partial charge on any atom is -0.468 e. The Morgan fingerprint density at radius 3 is 2.61 bits per heavy atom. The van der Waals surface area contributed by atoms with Crippen molar-refractivity contribution < 1.29 is 9.53 Å². The van der Waals surface area contributed by atoms with Gasteiger partial charge in [0.1, 0.15) is 5.54 Å². The summed E-state index contributed by atoms with van der Waals surface area (Å²) in [6.07, 6.45) is 3.28. The van der Waals surface area contributed by atoms with E-state index < -0.39 is 5.54 Å². The number of hydrogen-bond donors (Lipinski definition) is 1. The van der Waals surface area contributed by atoms with Crippen LogP contribution in [-0.2, 0) is 9.53 Å². The Kier molecular flexibility index (Phi) is 5.17. The summed E-state index contributed by atoms with van der Waals surface area (Å²) in [5.41, 5.74) is -0.300. The fourth-order valence-electron chi connectivity index (χ4n) is 2.81. The molecular formula is C14H28N2O2. The molecule has 4 heteroatoms. The van der Waals surface area contributed by atoms with Crippen LogP contribution in [0, 0.1) is 0 Å². The van der Waals surface area contributed by atoms with E-state index in [4.69, 9.17) is 4.74 Å². The summed E-state index contributed by atoms with van der Waals surface area (Å²) < 4.78 is 4.92. The van der Waals surface area contributed by atoms with Gasteiger partial charge < -0.3 is 10.1 Å². The second kappa shape index (κ2) is 6.02. The third-order valence-electron chi connectivity index (χ3n) is 4.16. The van der Waals surface area contributed by atoms with Gasteiger partial charge in [0.2, 0.25) is 0 Å². The number of methoxy groups -OCH3 is 1. The quantitative estimate of drug-likeness (QED) is 0.736. The highest BCUT2D eigenvalue weighted by atomic mass is 16.5. The summed E-state index contributed by atoms with van der Waals surface area (Å²) >= 11 is 0. The Bertz CT molecular complexity index is 292. The van der Waals surface area contributed by atoms with E-state index in [2.05, 4.69) is 24.1 Å². The number of rotatable bonds is 6. The zero-order valence-electron chi connectivity index (χ0n) is 12.5. The van der Waals surface area contributed by atoms with Gasteiger partial charge in [0.05, 0.1) is 7.11 Å². The average Bonchev–Trinajstić information content (AvgIpc) is 2.65. The normalized spacial score (nSPS) is 22.7. The van der Waals surface area contributed by atoms with Crippen molar-refractivity contribution in [3.8, 4) is 0 Å². The lowest BCUT2D eigenvalue weighted by molar-refractivity contribution is -0.148. The van der Waals surface area contributed by atoms with Crippen LogP contribution in [0.3, 0.4) is 0 Å². The lowest BCUT2D eigenvalue weighted by atomic mass is 9.95. The molecule has 1 fully saturated rings. The second-order valence-electron chi connectivity index (χ2n) is 6.01. The minimum absolute atomic E-state index is 0.165. The number of hydrogen-bond acceptors (Lipinski definition) is 4. The van der Waals surface area contributed by atoms with Crippen LogP contribution in [0.2, 0.25) is 0 Å². The van der Waals surface area contributed by atoms with Crippen LogP contribution >= 0.6 is 0 Å². The predicted octanol–water partition coefficient (Wildman–Crippen LogP) is 1.79. The summed E-state index contributed by atoms with van der Waals surface area (Å²) in [5, 5.41) is 3.26. The van der Waals surface area contributed by atoms with Gasteiger partial charge in [-0.05, 0) is 53.1 Å². The highest BCUT2D eigenvalue weighted by molar-refractivity contribution is 5.80. The minimum atomic E-state index is -0.567. The first kappa shape index (κ1) is 15.4. The molecule has 1 saturated heterocycles. The van der Waals surface area contributed by atoms with E-state index in [1.165, 1.54) is 20.0 Å². The average molecular weight is 256 g/mol. The Morgan fingerprint density at radius 2 is 2.17 bits per heavy atom. The molecule has 0 radical (unpaired) electrons. The summed E-state index contributed by atoms with van der Waals surface area (Å²) in [4.78, 5) is 14.4. The Hall–Kier alpha value is -0.610. The van der Waals surface area contributed by atoms with Crippen LogP contribution in [0.4, 0.5) is 0 Å². The molecule has 0 bridgehead atoms. The Morgan fingerprint density at radius 1 is 1.50 bits per heavy atom. The van der Waals surface area contributed by atoms with Crippen molar-refractivity contribution in [1.29, 1.82) is 0 Å². The predicted molar refractivity (Wildman–Crippen MR) is 73.6 cm³/mol. The van der Waals surface area contributed by atoms with Gasteiger partial charge in [-0.1, -0.05) is 6.92 Å². The molecule has 0 saturated carbocycles. The number of nitrogens with zero attached hydrogens (tertiary/aromatic N) is 1. The molecule has 1 rings (SSSR count). The lowest BCUT2D eigenvalue weighted by Crippen LogP contribution is -2.53. The van der Waals surface area contributed by atoms with E-state index in [1.54, 1.807) is 0 Å². The molecule has 1 unspecified atom stereocenters. The highest BCUT2D eigenvalue weighted by Crippen LogP contribution is 2.29. The molecule has 1 heterocycles. The highest BCUT2D eigenvalue weighted by Gasteiger charge is 2.37. The third kappa shape index (κ3) is 3.45. The van der Waals surface area contributed by atoms with Gasteiger partial charge in [0.15, 0.2) is 0 Å². The van der Waals surface area contributed by atoms with E-state index in [1.807, 2.05) is 13.8 Å². The van der Waals surface area contributed by atoms with Gasteiger partial charge >= 0.3 is 5.97 Å². The van der Waals surface area contributed by atoms with Crippen molar-refractivity contribution in [3.05, 3.63) is 0 Å². The van der Waals surface area contributed by atoms with Gasteiger partial charge in [0.25, 0.3) is 0 Å². The number of likely N-dealkylation sites (tertiary alicyclic amines) is 1. The smallest absolute Gasteiger partial charge is 0.325 e. The molecule has 1 aliphatic heterocycles. The first-order valence-electron chi connectivity index (χ1n) is 6.94. The summed E-state index contributed by atoms with van der Waals surface area (Å²) in [6.45, 7) is 11.4. The molecule has 0 amide bonds. The molecule has 1 N–H and O–H groups in total. The SMILES string of the molecule is CCNC(C)(CCN1CCCC1(C)C)C(=O)OC. The van der Waals surface area contributed by atoms with E-state index in [9.17, 15) is 4.79 Å². The Balaban J connectivity index is 2.60. The maximum absolute atomic E-state index is 11.9. The molecule has 1 atom stereocenters. The number of esters is 1. The maximum Gasteiger partial charge on any atom is 0.325 e. The van der Waals surface area contributed by atoms with E-state index in [0.717, 1.165) is 26.1 Å². The van der Waals surface area contributed by atoms with Crippen LogP contribution in [0.1, 0.15) is 47.0 Å². The third-order valence-corrected chi connectivity index (χ3v) is 4.16. The number of nitrogens with one attached hydrogen (secondary N) is 1. The van der Waals surface area contributed by atoms with Crippen molar-refractivity contribution in [2.24, 2.45) is 0 Å². The van der Waals surface area contributed by atoms with Gasteiger partial charge in [-0.15, -0.1) is 0 Å². The monoisotopic (exact) mass is 256 g/mol. The van der Waals surface area contributed by atoms with E-state index >= 15 is 0 Å². The number of likely N-dealkylation sites (N-methyl/N-ethyl adjacent to an activating group) is 1. The molecule has 4 nitrogen and oxygen atoms in total. The van der Waals surface area contributed by atoms with Crippen LogP contribution < -0.4 is 5.32 Å². The molecule has 0 aromatic carbocycles. The van der Waals surface area contributed by atoms with Gasteiger partial charge in [0, 0.05) is 12.1 Å². The van der Waals surface area contributed by atoms with Gasteiger partial charge in [-0.3, -0.25) is 9.69 Å². The molecule has 0 spiro atoms. The zero-order chi connectivity index (χ0) is 13.8. The largest absolute Gasteiger partial charge is 0.468 e. The van der Waals surface area contributed by atoms with Crippen molar-refractivity contribution in [2.75, 3.05) is 26.7 Å². The number of carbonyl (C=O) groups is 1. The molecule has 1 aliphatic rings. The van der Waals surface area contributed by atoms with Gasteiger partial charge in [-0.2, -0.15) is 0 Å². The molecule has 0 aromatic heterocycles. The van der Waals surface area contributed by atoms with Crippen LogP contribution in [0.5, 0.6) is 0 Å². The maximum atomic E-state index is 11.9. The molecule has 18 heavy (non-hydrogen) atoms. The van der Waals surface area contributed by atoms with Crippen LogP contribution in [0.15, 0.2) is 0 Å². The van der Waals surface area contributed by atoms with Crippen molar-refractivity contribution in [1.82, 2.24) is 10.2 Å². The topological polar surface area (TPSA) is 41.6 Å². The molecule has 0 aromatic rings. The summed E-state index contributed by atoms with van der Waals surface area (Å²) in [7, 11) is 1.46. The second-order valence-corrected chi connectivity index (χ2v) is 6.01. The number of ether oxygens (including phenoxy) is 1. The first-order valence-corrected chi connectivity index (χ1v) is 6.94. The lowest BCUT2D eigenvalue weighted by Gasteiger charge is -2.35. The Labute approximate surface area is 111 Å². The van der Waals surface area contributed by atoms with E-state index in [0.29, 0.717) is 0 Å². The van der Waals surface area contributed by atoms with Crippen LogP contribution in [-0.4, -0.2) is 48.7 Å². The molecule has 0 aliphatic carbocycles. The van der Waals surface area contributed by atoms with Crippen molar-refractivity contribution in [3.63, 3.8) is 0 Å². The zero-order valence-corrected chi connectivity index (χ0v) is 12.5. The summed E-state index contributed by atoms with van der Waals surface area (Å²) in [6, 6.07) is 0. The standard InChI is InChI=1S/C14H28N2O2/c1-6-15-14(4,12(17)18-5)9-11-16-10-7-8-13(16,2)3/h15H,6-11H2,1-5H3. The fraction of sp³-hybridized carbons (Fsp3) is 0.929. The fourth-order valence-corrected chi connectivity index (χ4v) is 2.81. The van der Waals surface area contributed by atoms with Gasteiger partial charge in [-0.25, -0.2) is 0 Å². The van der Waals surface area contributed by atoms with Crippen LogP contribution in [0.25, 0.3) is 0 Å². The summed E-state index contributed by atoms with van der Waals surface area (Å²) in [5.74, 6) is -0.165.